The van der Waals surface area contributed by atoms with E-state index in [4.69, 9.17) is 0 Å². The van der Waals surface area contributed by atoms with Gasteiger partial charge in [-0.3, -0.25) is 4.98 Å². The van der Waals surface area contributed by atoms with Gasteiger partial charge in [0.15, 0.2) is 0 Å². The molecule has 1 heterocycles. The van der Waals surface area contributed by atoms with Crippen molar-refractivity contribution in [2.24, 2.45) is 0 Å². The van der Waals surface area contributed by atoms with Crippen LogP contribution in [0.3, 0.4) is 0 Å². The van der Waals surface area contributed by atoms with Crippen LogP contribution in [0.5, 0.6) is 0 Å². The average molecular weight is 308 g/mol. The van der Waals surface area contributed by atoms with E-state index >= 15 is 0 Å². The fourth-order valence-electron chi connectivity index (χ4n) is 1.91. The molecule has 2 rings (SSSR count). The highest BCUT2D eigenvalue weighted by Gasteiger charge is 2.21. The smallest absolute Gasteiger partial charge is 0.242 e. The van der Waals surface area contributed by atoms with E-state index in [2.05, 4.69) is 4.98 Å². The molecule has 1 aromatic carbocycles. The van der Waals surface area contributed by atoms with Crippen LogP contribution in [0.15, 0.2) is 47.6 Å². The molecular weight excluding hydrogens is 291 g/mol. The molecule has 6 heteroatoms. The Kier molecular flexibility index (Phi) is 4.69. The van der Waals surface area contributed by atoms with Crippen molar-refractivity contribution in [3.63, 3.8) is 0 Å². The van der Waals surface area contributed by atoms with E-state index in [1.54, 1.807) is 19.3 Å². The first-order valence-electron chi connectivity index (χ1n) is 6.52. The number of nitrogens with zero attached hydrogens (tertiary/aromatic N) is 2. The third-order valence-electron chi connectivity index (χ3n) is 3.30. The maximum Gasteiger partial charge on any atom is 0.242 e. The zero-order valence-electron chi connectivity index (χ0n) is 12.0. The van der Waals surface area contributed by atoms with Gasteiger partial charge in [0.2, 0.25) is 10.0 Å². The van der Waals surface area contributed by atoms with Gasteiger partial charge in [-0.1, -0.05) is 0 Å². The number of benzene rings is 1. The Bertz CT molecular complexity index is 718. The second-order valence-electron chi connectivity index (χ2n) is 4.84. The van der Waals surface area contributed by atoms with Crippen molar-refractivity contribution in [2.45, 2.75) is 18.2 Å². The third kappa shape index (κ3) is 3.65. The molecule has 0 aliphatic rings. The van der Waals surface area contributed by atoms with E-state index in [-0.39, 0.29) is 4.90 Å². The summed E-state index contributed by atoms with van der Waals surface area (Å²) >= 11 is 0. The summed E-state index contributed by atoms with van der Waals surface area (Å²) in [5, 5.41) is 0. The van der Waals surface area contributed by atoms with Gasteiger partial charge in [0, 0.05) is 26.0 Å². The molecule has 21 heavy (non-hydrogen) atoms. The highest BCUT2D eigenvalue weighted by molar-refractivity contribution is 7.89. The fraction of sp³-hybridized carbons (Fsp3) is 0.267. The summed E-state index contributed by atoms with van der Waals surface area (Å²) < 4.78 is 39.3. The van der Waals surface area contributed by atoms with Crippen LogP contribution in [0.4, 0.5) is 4.39 Å². The number of aromatic nitrogens is 1. The number of aryl methyl sites for hydroxylation is 1. The molecule has 0 fully saturated rings. The molecule has 0 spiro atoms. The van der Waals surface area contributed by atoms with Crippen molar-refractivity contribution in [1.29, 1.82) is 0 Å². The summed E-state index contributed by atoms with van der Waals surface area (Å²) in [5.74, 6) is -0.409. The van der Waals surface area contributed by atoms with Crippen LogP contribution < -0.4 is 0 Å². The summed E-state index contributed by atoms with van der Waals surface area (Å²) in [4.78, 5) is 4.03. The van der Waals surface area contributed by atoms with Crippen molar-refractivity contribution in [3.05, 3.63) is 59.7 Å². The molecule has 0 bridgehead atoms. The second kappa shape index (κ2) is 6.32. The predicted octanol–water partition coefficient (Wildman–Crippen LogP) is 2.39. The zero-order chi connectivity index (χ0) is 15.5. The minimum Gasteiger partial charge on any atom is -0.265 e. The lowest BCUT2D eigenvalue weighted by Gasteiger charge is -2.17. The molecule has 0 N–H and O–H groups in total. The van der Waals surface area contributed by atoms with Crippen LogP contribution in [0.25, 0.3) is 0 Å². The van der Waals surface area contributed by atoms with Crippen LogP contribution in [-0.4, -0.2) is 31.3 Å². The van der Waals surface area contributed by atoms with Gasteiger partial charge >= 0.3 is 0 Å². The highest BCUT2D eigenvalue weighted by Crippen LogP contribution is 2.18. The Morgan fingerprint density at radius 2 is 1.86 bits per heavy atom. The lowest BCUT2D eigenvalue weighted by molar-refractivity contribution is 0.472. The van der Waals surface area contributed by atoms with Gasteiger partial charge in [-0.15, -0.1) is 0 Å². The highest BCUT2D eigenvalue weighted by atomic mass is 32.2. The number of sulfonamides is 1. The van der Waals surface area contributed by atoms with Gasteiger partial charge in [0.25, 0.3) is 0 Å². The molecule has 0 unspecified atom stereocenters. The van der Waals surface area contributed by atoms with Crippen LogP contribution in [0.1, 0.15) is 11.1 Å². The lowest BCUT2D eigenvalue weighted by atomic mass is 10.2. The topological polar surface area (TPSA) is 50.3 Å². The number of hydrogen-bond donors (Lipinski definition) is 0. The first-order valence-corrected chi connectivity index (χ1v) is 7.96. The molecule has 112 valence electrons. The minimum absolute atomic E-state index is 0.110. The van der Waals surface area contributed by atoms with E-state index in [0.717, 1.165) is 5.56 Å². The van der Waals surface area contributed by atoms with E-state index in [9.17, 15) is 12.8 Å². The molecule has 0 aliphatic carbocycles. The molecule has 4 nitrogen and oxygen atoms in total. The molecule has 0 atom stereocenters. The molecule has 0 saturated carbocycles. The van der Waals surface area contributed by atoms with E-state index in [1.165, 1.54) is 29.6 Å². The Morgan fingerprint density at radius 1 is 1.19 bits per heavy atom. The first kappa shape index (κ1) is 15.6. The Balaban J connectivity index is 2.13. The zero-order valence-corrected chi connectivity index (χ0v) is 12.8. The molecule has 2 aromatic rings. The average Bonchev–Trinajstić information content (AvgIpc) is 2.48. The van der Waals surface area contributed by atoms with Crippen molar-refractivity contribution in [2.75, 3.05) is 13.6 Å². The summed E-state index contributed by atoms with van der Waals surface area (Å²) in [5.41, 5.74) is 1.33. The summed E-state index contributed by atoms with van der Waals surface area (Å²) in [6, 6.07) is 7.53. The normalized spacial score (nSPS) is 11.8. The SMILES string of the molecule is Cc1cc(S(=O)(=O)N(C)CCc2ccncc2)ccc1F. The van der Waals surface area contributed by atoms with Crippen LogP contribution in [0, 0.1) is 12.7 Å². The second-order valence-corrected chi connectivity index (χ2v) is 6.89. The molecule has 0 saturated heterocycles. The molecule has 1 aromatic heterocycles. The van der Waals surface area contributed by atoms with E-state index < -0.39 is 15.8 Å². The van der Waals surface area contributed by atoms with Gasteiger partial charge in [0.05, 0.1) is 4.90 Å². The fourth-order valence-corrected chi connectivity index (χ4v) is 3.17. The van der Waals surface area contributed by atoms with Crippen LogP contribution >= 0.6 is 0 Å². The van der Waals surface area contributed by atoms with E-state index in [0.29, 0.717) is 18.5 Å². The number of rotatable bonds is 5. The first-order chi connectivity index (χ1) is 9.91. The van der Waals surface area contributed by atoms with E-state index in [1.807, 2.05) is 12.1 Å². The Hall–Kier alpha value is -1.79. The summed E-state index contributed by atoms with van der Waals surface area (Å²) in [7, 11) is -2.07. The minimum atomic E-state index is -3.60. The van der Waals surface area contributed by atoms with Crippen molar-refractivity contribution in [1.82, 2.24) is 9.29 Å². The summed E-state index contributed by atoms with van der Waals surface area (Å²) in [6.45, 7) is 1.90. The molecule has 0 amide bonds. The predicted molar refractivity (Wildman–Crippen MR) is 78.9 cm³/mol. The maximum absolute atomic E-state index is 13.2. The van der Waals surface area contributed by atoms with Crippen LogP contribution in [-0.2, 0) is 16.4 Å². The molecule has 0 aliphatic heterocycles. The monoisotopic (exact) mass is 308 g/mol. The standard InChI is InChI=1S/C15H17FN2O2S/c1-12-11-14(3-4-15(12)16)21(19,20)18(2)10-7-13-5-8-17-9-6-13/h3-6,8-9,11H,7,10H2,1-2H3. The third-order valence-corrected chi connectivity index (χ3v) is 5.16. The van der Waals surface area contributed by atoms with Crippen LogP contribution in [0.2, 0.25) is 0 Å². The molecular formula is C15H17FN2O2S. The van der Waals surface area contributed by atoms with Gasteiger partial charge in [0.1, 0.15) is 5.82 Å². The molecule has 0 radical (unpaired) electrons. The van der Waals surface area contributed by atoms with Crippen molar-refractivity contribution in [3.8, 4) is 0 Å². The number of pyridine rings is 1. The number of halogens is 1. The quantitative estimate of drug-likeness (QED) is 0.852. The Labute approximate surface area is 124 Å². The lowest BCUT2D eigenvalue weighted by Crippen LogP contribution is -2.29. The van der Waals surface area contributed by atoms with Crippen molar-refractivity contribution >= 4 is 10.0 Å². The van der Waals surface area contributed by atoms with Crippen molar-refractivity contribution < 1.29 is 12.8 Å². The number of hydrogen-bond acceptors (Lipinski definition) is 3. The van der Waals surface area contributed by atoms with Gasteiger partial charge in [-0.05, 0) is 54.8 Å². The maximum atomic E-state index is 13.2. The number of likely N-dealkylation sites (N-methyl/N-ethyl adjacent to an activating group) is 1. The van der Waals surface area contributed by atoms with Gasteiger partial charge < -0.3 is 0 Å². The van der Waals surface area contributed by atoms with Gasteiger partial charge in [-0.25, -0.2) is 17.1 Å². The largest absolute Gasteiger partial charge is 0.265 e. The summed E-state index contributed by atoms with van der Waals surface area (Å²) in [6.07, 6.45) is 3.94. The van der Waals surface area contributed by atoms with Gasteiger partial charge in [-0.2, -0.15) is 0 Å². The Morgan fingerprint density at radius 3 is 2.48 bits per heavy atom.